The fourth-order valence-corrected chi connectivity index (χ4v) is 2.60. The van der Waals surface area contributed by atoms with E-state index in [-0.39, 0.29) is 0 Å². The molecule has 1 unspecified atom stereocenters. The van der Waals surface area contributed by atoms with Crippen LogP contribution in [-0.2, 0) is 5.60 Å². The van der Waals surface area contributed by atoms with Gasteiger partial charge < -0.3 is 10.0 Å². The van der Waals surface area contributed by atoms with Crippen molar-refractivity contribution in [3.05, 3.63) is 35.4 Å². The molecule has 0 radical (unpaired) electrons. The topological polar surface area (TPSA) is 23.5 Å². The predicted octanol–water partition coefficient (Wildman–Crippen LogP) is 2.33. The molecule has 0 aromatic heterocycles. The summed E-state index contributed by atoms with van der Waals surface area (Å²) in [6.07, 6.45) is 1.20. The monoisotopic (exact) mass is 219 g/mol. The summed E-state index contributed by atoms with van der Waals surface area (Å²) in [4.78, 5) is 2.35. The molecule has 1 aliphatic heterocycles. The molecule has 1 fully saturated rings. The SMILES string of the molecule is CN1CCC(c2ccccc2C(C)(C)O)C1. The maximum atomic E-state index is 10.2. The number of aliphatic hydroxyl groups is 1. The van der Waals surface area contributed by atoms with Gasteiger partial charge in [-0.2, -0.15) is 0 Å². The molecule has 2 heteroatoms. The summed E-state index contributed by atoms with van der Waals surface area (Å²) >= 11 is 0. The van der Waals surface area contributed by atoms with E-state index in [2.05, 4.69) is 24.1 Å². The largest absolute Gasteiger partial charge is 0.386 e. The highest BCUT2D eigenvalue weighted by Crippen LogP contribution is 2.33. The maximum absolute atomic E-state index is 10.2. The molecule has 2 rings (SSSR count). The predicted molar refractivity (Wildman–Crippen MR) is 66.5 cm³/mol. The number of hydrogen-bond donors (Lipinski definition) is 1. The Morgan fingerprint density at radius 3 is 2.56 bits per heavy atom. The molecule has 1 aromatic rings. The van der Waals surface area contributed by atoms with Crippen molar-refractivity contribution in [2.45, 2.75) is 31.8 Å². The van der Waals surface area contributed by atoms with E-state index in [9.17, 15) is 5.11 Å². The van der Waals surface area contributed by atoms with E-state index in [1.54, 1.807) is 0 Å². The summed E-state index contributed by atoms with van der Waals surface area (Å²) in [5, 5.41) is 10.2. The van der Waals surface area contributed by atoms with Crippen LogP contribution in [0.3, 0.4) is 0 Å². The van der Waals surface area contributed by atoms with Crippen LogP contribution in [0.15, 0.2) is 24.3 Å². The second kappa shape index (κ2) is 4.19. The molecule has 0 aliphatic carbocycles. The Bertz CT molecular complexity index is 367. The molecule has 0 amide bonds. The van der Waals surface area contributed by atoms with E-state index < -0.39 is 5.60 Å². The highest BCUT2D eigenvalue weighted by molar-refractivity contribution is 5.35. The van der Waals surface area contributed by atoms with Gasteiger partial charge in [-0.15, -0.1) is 0 Å². The molecule has 0 saturated carbocycles. The van der Waals surface area contributed by atoms with Gasteiger partial charge in [-0.3, -0.25) is 0 Å². The lowest BCUT2D eigenvalue weighted by Crippen LogP contribution is -2.20. The Balaban J connectivity index is 2.34. The van der Waals surface area contributed by atoms with Gasteiger partial charge in [0.15, 0.2) is 0 Å². The fraction of sp³-hybridized carbons (Fsp3) is 0.571. The van der Waals surface area contributed by atoms with Crippen molar-refractivity contribution in [1.82, 2.24) is 4.90 Å². The summed E-state index contributed by atoms with van der Waals surface area (Å²) in [6.45, 7) is 5.99. The zero-order valence-electron chi connectivity index (χ0n) is 10.4. The van der Waals surface area contributed by atoms with Crippen LogP contribution >= 0.6 is 0 Å². The third kappa shape index (κ3) is 2.28. The fourth-order valence-electron chi connectivity index (χ4n) is 2.60. The minimum absolute atomic E-state index is 0.577. The lowest BCUT2D eigenvalue weighted by Gasteiger charge is -2.24. The lowest BCUT2D eigenvalue weighted by molar-refractivity contribution is 0.0772. The van der Waals surface area contributed by atoms with Crippen molar-refractivity contribution < 1.29 is 5.11 Å². The number of nitrogens with zero attached hydrogens (tertiary/aromatic N) is 1. The smallest absolute Gasteiger partial charge is 0.0843 e. The van der Waals surface area contributed by atoms with Gasteiger partial charge in [0.05, 0.1) is 5.60 Å². The van der Waals surface area contributed by atoms with E-state index in [0.29, 0.717) is 5.92 Å². The first-order valence-electron chi connectivity index (χ1n) is 5.99. The van der Waals surface area contributed by atoms with Crippen LogP contribution in [0.2, 0.25) is 0 Å². The van der Waals surface area contributed by atoms with Crippen molar-refractivity contribution in [3.63, 3.8) is 0 Å². The quantitative estimate of drug-likeness (QED) is 0.825. The molecule has 16 heavy (non-hydrogen) atoms. The third-order valence-electron chi connectivity index (χ3n) is 3.45. The van der Waals surface area contributed by atoms with Gasteiger partial charge in [0.2, 0.25) is 0 Å². The second-order valence-electron chi connectivity index (χ2n) is 5.39. The summed E-state index contributed by atoms with van der Waals surface area (Å²) in [7, 11) is 2.16. The minimum atomic E-state index is -0.738. The molecule has 0 bridgehead atoms. The Hall–Kier alpha value is -0.860. The van der Waals surface area contributed by atoms with Crippen LogP contribution in [0.25, 0.3) is 0 Å². The molecular formula is C14H21NO. The van der Waals surface area contributed by atoms with Crippen LogP contribution < -0.4 is 0 Å². The molecule has 1 N–H and O–H groups in total. The minimum Gasteiger partial charge on any atom is -0.386 e. The molecule has 1 aromatic carbocycles. The first-order valence-corrected chi connectivity index (χ1v) is 5.99. The van der Waals surface area contributed by atoms with Gasteiger partial charge in [0, 0.05) is 6.54 Å². The van der Waals surface area contributed by atoms with Crippen molar-refractivity contribution in [2.75, 3.05) is 20.1 Å². The van der Waals surface area contributed by atoms with Gasteiger partial charge in [0.1, 0.15) is 0 Å². The van der Waals surface area contributed by atoms with E-state index >= 15 is 0 Å². The standard InChI is InChI=1S/C14H21NO/c1-14(2,16)13-7-5-4-6-12(13)11-8-9-15(3)10-11/h4-7,11,16H,8-10H2,1-3H3. The van der Waals surface area contributed by atoms with Crippen LogP contribution in [-0.4, -0.2) is 30.1 Å². The number of benzene rings is 1. The van der Waals surface area contributed by atoms with Crippen molar-refractivity contribution in [2.24, 2.45) is 0 Å². The summed E-state index contributed by atoms with van der Waals surface area (Å²) in [5.41, 5.74) is 1.66. The summed E-state index contributed by atoms with van der Waals surface area (Å²) in [6, 6.07) is 8.29. The van der Waals surface area contributed by atoms with Crippen LogP contribution in [0.5, 0.6) is 0 Å². The Morgan fingerprint density at radius 1 is 1.31 bits per heavy atom. The molecule has 88 valence electrons. The third-order valence-corrected chi connectivity index (χ3v) is 3.45. The van der Waals surface area contributed by atoms with Crippen LogP contribution in [0.4, 0.5) is 0 Å². The summed E-state index contributed by atoms with van der Waals surface area (Å²) in [5.74, 6) is 0.577. The van der Waals surface area contributed by atoms with E-state index in [4.69, 9.17) is 0 Å². The normalized spacial score (nSPS) is 22.6. The zero-order chi connectivity index (χ0) is 11.8. The average molecular weight is 219 g/mol. The van der Waals surface area contributed by atoms with Gasteiger partial charge in [-0.25, -0.2) is 0 Å². The number of likely N-dealkylation sites (N-methyl/N-ethyl adjacent to an activating group) is 1. The molecule has 1 aliphatic rings. The molecule has 1 atom stereocenters. The van der Waals surface area contributed by atoms with E-state index in [1.807, 2.05) is 26.0 Å². The zero-order valence-corrected chi connectivity index (χ0v) is 10.4. The second-order valence-corrected chi connectivity index (χ2v) is 5.39. The first-order chi connectivity index (χ1) is 7.48. The van der Waals surface area contributed by atoms with Gasteiger partial charge in [-0.1, -0.05) is 24.3 Å². The van der Waals surface area contributed by atoms with Crippen molar-refractivity contribution >= 4 is 0 Å². The average Bonchev–Trinajstić information content (AvgIpc) is 2.64. The Labute approximate surface area is 97.9 Å². The van der Waals surface area contributed by atoms with E-state index in [1.165, 1.54) is 12.0 Å². The Kier molecular flexibility index (Phi) is 3.04. The Morgan fingerprint density at radius 2 is 2.00 bits per heavy atom. The first kappa shape index (κ1) is 11.6. The number of likely N-dealkylation sites (tertiary alicyclic amines) is 1. The molecule has 0 spiro atoms. The van der Waals surface area contributed by atoms with E-state index in [0.717, 1.165) is 18.7 Å². The molecule has 1 saturated heterocycles. The van der Waals surface area contributed by atoms with Crippen LogP contribution in [0.1, 0.15) is 37.3 Å². The van der Waals surface area contributed by atoms with Crippen molar-refractivity contribution in [3.8, 4) is 0 Å². The van der Waals surface area contributed by atoms with Gasteiger partial charge in [-0.05, 0) is 50.9 Å². The van der Waals surface area contributed by atoms with Gasteiger partial charge in [0.25, 0.3) is 0 Å². The van der Waals surface area contributed by atoms with Gasteiger partial charge >= 0.3 is 0 Å². The number of hydrogen-bond acceptors (Lipinski definition) is 2. The lowest BCUT2D eigenvalue weighted by atomic mass is 9.86. The van der Waals surface area contributed by atoms with Crippen molar-refractivity contribution in [1.29, 1.82) is 0 Å². The highest BCUT2D eigenvalue weighted by Gasteiger charge is 2.27. The van der Waals surface area contributed by atoms with Crippen LogP contribution in [0, 0.1) is 0 Å². The molecule has 2 nitrogen and oxygen atoms in total. The molecular weight excluding hydrogens is 198 g/mol. The summed E-state index contributed by atoms with van der Waals surface area (Å²) < 4.78 is 0. The maximum Gasteiger partial charge on any atom is 0.0843 e. The highest BCUT2D eigenvalue weighted by atomic mass is 16.3. The molecule has 1 heterocycles. The number of rotatable bonds is 2.